The van der Waals surface area contributed by atoms with Crippen LogP contribution in [-0.2, 0) is 24.7 Å². The summed E-state index contributed by atoms with van der Waals surface area (Å²) in [7, 11) is -1.07. The standard InChI is InChI=1S/C16H15Si.Zr/c1-17(2)15-10-9-14(16(15)17)13-8-7-11-5-3-4-6-12(11)13;/h3-8,13H,9H2,1-2H3;. The van der Waals surface area contributed by atoms with Gasteiger partial charge in [-0.3, -0.25) is 0 Å². The summed E-state index contributed by atoms with van der Waals surface area (Å²) >= 11 is 1.64. The van der Waals surface area contributed by atoms with Crippen molar-refractivity contribution in [1.82, 2.24) is 0 Å². The van der Waals surface area contributed by atoms with Crippen molar-refractivity contribution in [2.45, 2.75) is 25.4 Å². The zero-order valence-corrected chi connectivity index (χ0v) is 14.2. The quantitative estimate of drug-likeness (QED) is 0.682. The Morgan fingerprint density at radius 2 is 1.94 bits per heavy atom. The fourth-order valence-corrected chi connectivity index (χ4v) is 11.0. The molecule has 3 aliphatic rings. The van der Waals surface area contributed by atoms with E-state index < -0.39 is 8.07 Å². The number of hydrogen-bond acceptors (Lipinski definition) is 0. The van der Waals surface area contributed by atoms with Crippen molar-refractivity contribution >= 4 is 14.1 Å². The Morgan fingerprint density at radius 3 is 2.67 bits per heavy atom. The van der Waals surface area contributed by atoms with Gasteiger partial charge in [-0.05, 0) is 0 Å². The summed E-state index contributed by atoms with van der Waals surface area (Å²) in [6, 6.07) is 8.88. The fraction of sp³-hybridized carbons (Fsp3) is 0.250. The van der Waals surface area contributed by atoms with Crippen LogP contribution >= 0.6 is 0 Å². The molecule has 87 valence electrons. The third kappa shape index (κ3) is 1.34. The van der Waals surface area contributed by atoms with Crippen LogP contribution in [0.25, 0.3) is 6.08 Å². The van der Waals surface area contributed by atoms with Gasteiger partial charge >= 0.3 is 125 Å². The molecule has 0 aromatic heterocycles. The van der Waals surface area contributed by atoms with Gasteiger partial charge in [0.15, 0.2) is 0 Å². The maximum absolute atomic E-state index is 2.52. The van der Waals surface area contributed by atoms with E-state index in [9.17, 15) is 0 Å². The van der Waals surface area contributed by atoms with Gasteiger partial charge in [-0.25, -0.2) is 0 Å². The van der Waals surface area contributed by atoms with E-state index in [4.69, 9.17) is 0 Å². The summed E-state index contributed by atoms with van der Waals surface area (Å²) < 4.78 is 1.75. The number of benzene rings is 1. The molecule has 1 aromatic rings. The molecule has 1 aliphatic heterocycles. The molecule has 1 atom stereocenters. The molecule has 0 nitrogen and oxygen atoms in total. The molecule has 1 saturated heterocycles. The average Bonchev–Trinajstić information content (AvgIpc) is 2.69. The first-order valence-corrected chi connectivity index (χ1v) is 10.8. The number of fused-ring (bicyclic) bond motifs is 2. The molecule has 1 aromatic carbocycles. The zero-order valence-electron chi connectivity index (χ0n) is 10.7. The van der Waals surface area contributed by atoms with E-state index in [0.717, 1.165) is 0 Å². The van der Waals surface area contributed by atoms with E-state index in [0.29, 0.717) is 5.92 Å². The van der Waals surface area contributed by atoms with Crippen LogP contribution < -0.4 is 0 Å². The van der Waals surface area contributed by atoms with E-state index in [-0.39, 0.29) is 0 Å². The summed E-state index contributed by atoms with van der Waals surface area (Å²) in [5.74, 6) is 0.582. The van der Waals surface area contributed by atoms with Gasteiger partial charge in [-0.2, -0.15) is 0 Å². The molecule has 4 rings (SSSR count). The molecular weight excluding hydrogens is 311 g/mol. The average molecular weight is 327 g/mol. The third-order valence-corrected chi connectivity index (χ3v) is 9.64. The van der Waals surface area contributed by atoms with Gasteiger partial charge in [0.2, 0.25) is 0 Å². The topological polar surface area (TPSA) is 0 Å². The molecule has 0 N–H and O–H groups in total. The van der Waals surface area contributed by atoms with Gasteiger partial charge < -0.3 is 0 Å². The number of allylic oxidation sites excluding steroid dienone is 5. The van der Waals surface area contributed by atoms with Crippen molar-refractivity contribution in [2.24, 2.45) is 0 Å². The molecule has 0 spiro atoms. The Morgan fingerprint density at radius 1 is 1.17 bits per heavy atom. The van der Waals surface area contributed by atoms with Crippen LogP contribution in [0.15, 0.2) is 49.6 Å². The van der Waals surface area contributed by atoms with Crippen molar-refractivity contribution in [2.75, 3.05) is 0 Å². The Bertz CT molecular complexity index is 661. The van der Waals surface area contributed by atoms with Crippen LogP contribution in [0.3, 0.4) is 0 Å². The van der Waals surface area contributed by atoms with E-state index in [2.05, 4.69) is 49.5 Å². The van der Waals surface area contributed by atoms with Crippen LogP contribution in [0.4, 0.5) is 0 Å². The van der Waals surface area contributed by atoms with Crippen molar-refractivity contribution in [3.05, 3.63) is 60.7 Å². The van der Waals surface area contributed by atoms with Gasteiger partial charge in [0.05, 0.1) is 0 Å². The molecule has 1 fully saturated rings. The minimum absolute atomic E-state index is 0.582. The SMILES string of the molecule is C[Si]1(C)C2=[C]([Zr])CC(C3C=Cc4ccccc43)=C21. The predicted molar refractivity (Wildman–Crippen MR) is 74.4 cm³/mol. The molecule has 1 unspecified atom stereocenters. The molecule has 2 aliphatic carbocycles. The van der Waals surface area contributed by atoms with Crippen LogP contribution in [-0.4, -0.2) is 8.07 Å². The number of rotatable bonds is 1. The second-order valence-electron chi connectivity index (χ2n) is 6.02. The van der Waals surface area contributed by atoms with Crippen molar-refractivity contribution < 1.29 is 24.7 Å². The van der Waals surface area contributed by atoms with Gasteiger partial charge in [-0.15, -0.1) is 0 Å². The molecule has 0 radical (unpaired) electrons. The van der Waals surface area contributed by atoms with Gasteiger partial charge in [0.1, 0.15) is 0 Å². The molecule has 0 saturated carbocycles. The van der Waals surface area contributed by atoms with Crippen LogP contribution in [0.1, 0.15) is 23.5 Å². The Balaban J connectivity index is 1.82. The third-order valence-electron chi connectivity index (χ3n) is 4.60. The van der Waals surface area contributed by atoms with Crippen LogP contribution in [0, 0.1) is 0 Å². The molecule has 1 heterocycles. The first-order valence-electron chi connectivity index (χ1n) is 6.57. The zero-order chi connectivity index (χ0) is 12.5. The van der Waals surface area contributed by atoms with Crippen LogP contribution in [0.2, 0.25) is 13.1 Å². The van der Waals surface area contributed by atoms with E-state index in [1.165, 1.54) is 17.5 Å². The Labute approximate surface area is 124 Å². The normalized spacial score (nSPS) is 26.6. The monoisotopic (exact) mass is 325 g/mol. The summed E-state index contributed by atoms with van der Waals surface area (Å²) in [5, 5.41) is 3.65. The molecule has 2 heteroatoms. The second-order valence-corrected chi connectivity index (χ2v) is 11.8. The van der Waals surface area contributed by atoms with Crippen molar-refractivity contribution in [3.63, 3.8) is 0 Å². The summed E-state index contributed by atoms with van der Waals surface area (Å²) in [4.78, 5) is 0. The molecule has 0 bridgehead atoms. The molecular formula is C16H15SiZr. The van der Waals surface area contributed by atoms with Gasteiger partial charge in [0.25, 0.3) is 0 Å². The van der Waals surface area contributed by atoms with E-state index >= 15 is 0 Å². The van der Waals surface area contributed by atoms with Gasteiger partial charge in [0, 0.05) is 0 Å². The first-order chi connectivity index (χ1) is 8.60. The predicted octanol–water partition coefficient (Wildman–Crippen LogP) is 4.10. The van der Waals surface area contributed by atoms with Crippen LogP contribution in [0.5, 0.6) is 0 Å². The summed E-state index contributed by atoms with van der Waals surface area (Å²) in [6.45, 7) is 5.04. The van der Waals surface area contributed by atoms with Crippen molar-refractivity contribution in [1.29, 1.82) is 0 Å². The minimum atomic E-state index is -1.07. The summed E-state index contributed by atoms with van der Waals surface area (Å²) in [6.07, 6.45) is 6.00. The Kier molecular flexibility index (Phi) is 2.24. The van der Waals surface area contributed by atoms with Gasteiger partial charge in [-0.1, -0.05) is 0 Å². The summed E-state index contributed by atoms with van der Waals surface area (Å²) in [5.41, 5.74) is 4.70. The van der Waals surface area contributed by atoms with E-state index in [1.807, 2.05) is 10.4 Å². The van der Waals surface area contributed by atoms with Crippen molar-refractivity contribution in [3.8, 4) is 0 Å². The van der Waals surface area contributed by atoms with E-state index in [1.54, 1.807) is 33.6 Å². The number of hydrogen-bond donors (Lipinski definition) is 0. The first kappa shape index (κ1) is 11.4. The maximum atomic E-state index is 2.52. The molecule has 0 amide bonds. The molecule has 18 heavy (non-hydrogen) atoms. The Hall–Kier alpha value is -0.460. The fourth-order valence-electron chi connectivity index (χ4n) is 3.74. The second kappa shape index (κ2) is 3.55.